The molecule has 0 spiro atoms. The van der Waals surface area contributed by atoms with Crippen molar-refractivity contribution in [2.75, 3.05) is 26.7 Å². The number of methoxy groups -OCH3 is 1. The monoisotopic (exact) mass is 243 g/mol. The van der Waals surface area contributed by atoms with Crippen LogP contribution in [0, 0.1) is 5.41 Å². The van der Waals surface area contributed by atoms with E-state index in [-0.39, 0.29) is 5.41 Å². The Morgan fingerprint density at radius 3 is 2.82 bits per heavy atom. The lowest BCUT2D eigenvalue weighted by atomic mass is 9.86. The van der Waals surface area contributed by atoms with Crippen molar-refractivity contribution in [1.29, 1.82) is 0 Å². The lowest BCUT2D eigenvalue weighted by Gasteiger charge is -2.24. The van der Waals surface area contributed by atoms with Gasteiger partial charge >= 0.3 is 0 Å². The summed E-state index contributed by atoms with van der Waals surface area (Å²) in [5, 5.41) is 11.8. The summed E-state index contributed by atoms with van der Waals surface area (Å²) in [6, 6.07) is 0. The Morgan fingerprint density at radius 2 is 2.29 bits per heavy atom. The predicted molar refractivity (Wildman–Crippen MR) is 68.3 cm³/mol. The number of hydrogen-bond acceptors (Lipinski definition) is 4. The quantitative estimate of drug-likeness (QED) is 0.319. The SMILES string of the molecule is COC1CCN(CCCC(C)(C)C(N)=NO)C1. The Hall–Kier alpha value is -0.810. The highest BCUT2D eigenvalue weighted by Crippen LogP contribution is 2.23. The molecule has 1 aliphatic rings. The van der Waals surface area contributed by atoms with Gasteiger partial charge in [0.1, 0.15) is 5.84 Å². The van der Waals surface area contributed by atoms with Crippen molar-refractivity contribution in [3.63, 3.8) is 0 Å². The van der Waals surface area contributed by atoms with E-state index in [1.54, 1.807) is 7.11 Å². The molecule has 17 heavy (non-hydrogen) atoms. The average molecular weight is 243 g/mol. The molecule has 1 atom stereocenters. The van der Waals surface area contributed by atoms with E-state index in [1.807, 2.05) is 13.8 Å². The molecule has 100 valence electrons. The molecule has 1 saturated heterocycles. The smallest absolute Gasteiger partial charge is 0.144 e. The van der Waals surface area contributed by atoms with Crippen LogP contribution in [0.2, 0.25) is 0 Å². The van der Waals surface area contributed by atoms with Crippen LogP contribution in [0.3, 0.4) is 0 Å². The third-order valence-corrected chi connectivity index (χ3v) is 3.64. The Bertz CT molecular complexity index is 266. The van der Waals surface area contributed by atoms with Gasteiger partial charge in [-0.05, 0) is 25.8 Å². The van der Waals surface area contributed by atoms with E-state index in [1.165, 1.54) is 0 Å². The van der Waals surface area contributed by atoms with E-state index in [4.69, 9.17) is 15.7 Å². The molecule has 0 aromatic rings. The molecule has 3 N–H and O–H groups in total. The largest absolute Gasteiger partial charge is 0.409 e. The van der Waals surface area contributed by atoms with Crippen LogP contribution in [-0.4, -0.2) is 48.8 Å². The summed E-state index contributed by atoms with van der Waals surface area (Å²) in [4.78, 5) is 2.41. The fraction of sp³-hybridized carbons (Fsp3) is 0.917. The van der Waals surface area contributed by atoms with Crippen LogP contribution in [0.15, 0.2) is 5.16 Å². The van der Waals surface area contributed by atoms with Crippen LogP contribution in [-0.2, 0) is 4.74 Å². The summed E-state index contributed by atoms with van der Waals surface area (Å²) in [6.45, 7) is 7.21. The number of likely N-dealkylation sites (tertiary alicyclic amines) is 1. The highest BCUT2D eigenvalue weighted by Gasteiger charge is 2.25. The molecule has 0 radical (unpaired) electrons. The van der Waals surface area contributed by atoms with Gasteiger partial charge in [0.25, 0.3) is 0 Å². The second-order valence-corrected chi connectivity index (χ2v) is 5.42. The van der Waals surface area contributed by atoms with E-state index >= 15 is 0 Å². The predicted octanol–water partition coefficient (Wildman–Crippen LogP) is 1.26. The number of oxime groups is 1. The molecule has 1 unspecified atom stereocenters. The Labute approximate surface area is 104 Å². The molecule has 1 rings (SSSR count). The van der Waals surface area contributed by atoms with Crippen molar-refractivity contribution in [3.8, 4) is 0 Å². The van der Waals surface area contributed by atoms with E-state index in [0.29, 0.717) is 11.9 Å². The first-order valence-corrected chi connectivity index (χ1v) is 6.22. The molecule has 5 heteroatoms. The van der Waals surface area contributed by atoms with Crippen molar-refractivity contribution >= 4 is 5.84 Å². The number of hydrogen-bond donors (Lipinski definition) is 2. The van der Waals surface area contributed by atoms with Gasteiger partial charge in [0.15, 0.2) is 0 Å². The van der Waals surface area contributed by atoms with Crippen LogP contribution in [0.1, 0.15) is 33.1 Å². The van der Waals surface area contributed by atoms with Crippen molar-refractivity contribution in [3.05, 3.63) is 0 Å². The van der Waals surface area contributed by atoms with Gasteiger partial charge in [0.05, 0.1) is 6.10 Å². The van der Waals surface area contributed by atoms with Gasteiger partial charge in [0.2, 0.25) is 0 Å². The highest BCUT2D eigenvalue weighted by atomic mass is 16.5. The minimum Gasteiger partial charge on any atom is -0.409 e. The Kier molecular flexibility index (Phi) is 5.21. The first-order chi connectivity index (χ1) is 7.99. The summed E-state index contributed by atoms with van der Waals surface area (Å²) in [7, 11) is 1.77. The third kappa shape index (κ3) is 4.16. The van der Waals surface area contributed by atoms with Crippen molar-refractivity contribution in [1.82, 2.24) is 4.90 Å². The first kappa shape index (κ1) is 14.3. The minimum atomic E-state index is -0.227. The molecular formula is C12H25N3O2. The fourth-order valence-corrected chi connectivity index (χ4v) is 2.20. The van der Waals surface area contributed by atoms with Gasteiger partial charge < -0.3 is 20.6 Å². The van der Waals surface area contributed by atoms with E-state index < -0.39 is 0 Å². The van der Waals surface area contributed by atoms with Crippen LogP contribution >= 0.6 is 0 Å². The molecule has 1 fully saturated rings. The van der Waals surface area contributed by atoms with E-state index in [0.717, 1.165) is 38.9 Å². The average Bonchev–Trinajstić information content (AvgIpc) is 2.75. The molecular weight excluding hydrogens is 218 g/mol. The lowest BCUT2D eigenvalue weighted by molar-refractivity contribution is 0.107. The summed E-state index contributed by atoms with van der Waals surface area (Å²) in [6.07, 6.45) is 3.50. The maximum Gasteiger partial charge on any atom is 0.144 e. The molecule has 5 nitrogen and oxygen atoms in total. The maximum absolute atomic E-state index is 8.68. The summed E-state index contributed by atoms with van der Waals surface area (Å²) < 4.78 is 5.33. The van der Waals surface area contributed by atoms with Gasteiger partial charge in [-0.15, -0.1) is 0 Å². The fourth-order valence-electron chi connectivity index (χ4n) is 2.20. The van der Waals surface area contributed by atoms with E-state index in [9.17, 15) is 0 Å². The molecule has 0 amide bonds. The summed E-state index contributed by atoms with van der Waals surface area (Å²) in [5.41, 5.74) is 5.43. The van der Waals surface area contributed by atoms with Crippen LogP contribution in [0.4, 0.5) is 0 Å². The molecule has 0 aromatic carbocycles. The first-order valence-electron chi connectivity index (χ1n) is 6.22. The highest BCUT2D eigenvalue weighted by molar-refractivity contribution is 5.85. The molecule has 0 saturated carbocycles. The molecule has 0 bridgehead atoms. The Balaban J connectivity index is 2.24. The van der Waals surface area contributed by atoms with Gasteiger partial charge in [-0.25, -0.2) is 0 Å². The second kappa shape index (κ2) is 6.21. The topological polar surface area (TPSA) is 71.1 Å². The van der Waals surface area contributed by atoms with Crippen LogP contribution < -0.4 is 5.73 Å². The Morgan fingerprint density at radius 1 is 1.59 bits per heavy atom. The summed E-state index contributed by atoms with van der Waals surface area (Å²) in [5.74, 6) is 0.314. The number of amidine groups is 1. The van der Waals surface area contributed by atoms with Crippen molar-refractivity contribution in [2.45, 2.75) is 39.2 Å². The van der Waals surface area contributed by atoms with Crippen LogP contribution in [0.25, 0.3) is 0 Å². The molecule has 1 aliphatic heterocycles. The normalized spacial score (nSPS) is 23.2. The van der Waals surface area contributed by atoms with Crippen molar-refractivity contribution in [2.24, 2.45) is 16.3 Å². The number of nitrogens with two attached hydrogens (primary N) is 1. The second-order valence-electron chi connectivity index (χ2n) is 5.42. The third-order valence-electron chi connectivity index (χ3n) is 3.64. The van der Waals surface area contributed by atoms with Gasteiger partial charge in [-0.3, -0.25) is 0 Å². The maximum atomic E-state index is 8.68. The number of rotatable bonds is 6. The molecule has 0 aliphatic carbocycles. The minimum absolute atomic E-state index is 0.227. The molecule has 0 aromatic heterocycles. The zero-order chi connectivity index (χ0) is 12.9. The lowest BCUT2D eigenvalue weighted by Crippen LogP contribution is -2.33. The van der Waals surface area contributed by atoms with Gasteiger partial charge in [-0.1, -0.05) is 19.0 Å². The zero-order valence-corrected chi connectivity index (χ0v) is 11.1. The number of ether oxygens (including phenoxy) is 1. The van der Waals surface area contributed by atoms with Crippen molar-refractivity contribution < 1.29 is 9.94 Å². The van der Waals surface area contributed by atoms with E-state index in [2.05, 4.69) is 10.1 Å². The van der Waals surface area contributed by atoms with Crippen LogP contribution in [0.5, 0.6) is 0 Å². The van der Waals surface area contributed by atoms with Gasteiger partial charge in [-0.2, -0.15) is 0 Å². The molecule has 1 heterocycles. The number of nitrogens with zero attached hydrogens (tertiary/aromatic N) is 2. The summed E-state index contributed by atoms with van der Waals surface area (Å²) >= 11 is 0. The standard InChI is InChI=1S/C12H25N3O2/c1-12(2,11(13)14-16)6-4-7-15-8-5-10(9-15)17-3/h10,16H,4-9H2,1-3H3,(H2,13,14). The zero-order valence-electron chi connectivity index (χ0n) is 11.1. The van der Waals surface area contributed by atoms with Gasteiger partial charge in [0, 0.05) is 25.6 Å².